The molecule has 0 spiro atoms. The molecule has 0 radical (unpaired) electrons. The molecule has 5 heteroatoms. The van der Waals surface area contributed by atoms with E-state index in [0.717, 1.165) is 44.0 Å². The third-order valence-corrected chi connectivity index (χ3v) is 6.48. The predicted molar refractivity (Wildman–Crippen MR) is 118 cm³/mol. The van der Waals surface area contributed by atoms with E-state index in [1.807, 2.05) is 24.3 Å². The number of hydrogen-bond donors (Lipinski definition) is 0. The van der Waals surface area contributed by atoms with Gasteiger partial charge in [0, 0.05) is 26.9 Å². The average molecular weight is 411 g/mol. The van der Waals surface area contributed by atoms with Crippen molar-refractivity contribution >= 4 is 34.3 Å². The van der Waals surface area contributed by atoms with Crippen LogP contribution < -0.4 is 0 Å². The van der Waals surface area contributed by atoms with Crippen LogP contribution in [-0.4, -0.2) is 9.97 Å². The molecule has 0 unspecified atom stereocenters. The molecule has 4 aromatic rings. The summed E-state index contributed by atoms with van der Waals surface area (Å²) in [6, 6.07) is 16.5. The summed E-state index contributed by atoms with van der Waals surface area (Å²) in [5.41, 5.74) is 5.60. The van der Waals surface area contributed by atoms with Crippen LogP contribution in [0.25, 0.3) is 32.5 Å². The molecule has 136 valence electrons. The van der Waals surface area contributed by atoms with Gasteiger partial charge in [-0.1, -0.05) is 61.3 Å². The number of rotatable bonds is 6. The summed E-state index contributed by atoms with van der Waals surface area (Å²) in [6.45, 7) is 2.22. The average Bonchev–Trinajstić information content (AvgIpc) is 3.37. The van der Waals surface area contributed by atoms with E-state index < -0.39 is 0 Å². The summed E-state index contributed by atoms with van der Waals surface area (Å²) in [7, 11) is 0. The van der Waals surface area contributed by atoms with E-state index in [0.29, 0.717) is 0 Å². The molecule has 2 aromatic carbocycles. The standard InChI is InChI=1S/C22H19ClN2S2/c1-2-3-4-15-5-7-16(8-6-15)19-13-26-21(24-19)22-25-20(14-27-22)17-9-11-18(23)12-10-17/h5-14H,2-4H2,1H3. The summed E-state index contributed by atoms with van der Waals surface area (Å²) in [6.07, 6.45) is 3.61. The summed E-state index contributed by atoms with van der Waals surface area (Å²) in [4.78, 5) is 9.57. The quantitative estimate of drug-likeness (QED) is 0.327. The Morgan fingerprint density at radius 3 is 1.81 bits per heavy atom. The van der Waals surface area contributed by atoms with Gasteiger partial charge < -0.3 is 0 Å². The van der Waals surface area contributed by atoms with Crippen molar-refractivity contribution in [2.75, 3.05) is 0 Å². The maximum atomic E-state index is 5.97. The summed E-state index contributed by atoms with van der Waals surface area (Å²) in [5, 5.41) is 6.84. The van der Waals surface area contributed by atoms with Crippen LogP contribution in [0.5, 0.6) is 0 Å². The summed E-state index contributed by atoms with van der Waals surface area (Å²) < 4.78 is 0. The highest BCUT2D eigenvalue weighted by atomic mass is 35.5. The van der Waals surface area contributed by atoms with Crippen LogP contribution in [0.4, 0.5) is 0 Å². The normalized spacial score (nSPS) is 11.0. The zero-order valence-electron chi connectivity index (χ0n) is 15.0. The highest BCUT2D eigenvalue weighted by molar-refractivity contribution is 7.20. The monoisotopic (exact) mass is 410 g/mol. The van der Waals surface area contributed by atoms with E-state index in [2.05, 4.69) is 41.9 Å². The van der Waals surface area contributed by atoms with Crippen molar-refractivity contribution in [3.05, 3.63) is 69.9 Å². The first kappa shape index (κ1) is 18.4. The number of hydrogen-bond acceptors (Lipinski definition) is 4. The fourth-order valence-electron chi connectivity index (χ4n) is 2.85. The minimum Gasteiger partial charge on any atom is -0.233 e. The van der Waals surface area contributed by atoms with Crippen molar-refractivity contribution in [2.24, 2.45) is 0 Å². The zero-order chi connectivity index (χ0) is 18.6. The molecular weight excluding hydrogens is 392 g/mol. The van der Waals surface area contributed by atoms with Gasteiger partial charge in [0.2, 0.25) is 0 Å². The lowest BCUT2D eigenvalue weighted by Crippen LogP contribution is -1.85. The topological polar surface area (TPSA) is 25.8 Å². The first-order valence-electron chi connectivity index (χ1n) is 8.99. The van der Waals surface area contributed by atoms with Crippen LogP contribution in [0.15, 0.2) is 59.3 Å². The lowest BCUT2D eigenvalue weighted by Gasteiger charge is -2.01. The van der Waals surface area contributed by atoms with Gasteiger partial charge in [0.1, 0.15) is 0 Å². The van der Waals surface area contributed by atoms with Crippen LogP contribution >= 0.6 is 34.3 Å². The molecule has 0 bridgehead atoms. The van der Waals surface area contributed by atoms with Crippen LogP contribution in [0.3, 0.4) is 0 Å². The van der Waals surface area contributed by atoms with Gasteiger partial charge in [0.05, 0.1) is 11.4 Å². The molecule has 0 aliphatic rings. The van der Waals surface area contributed by atoms with Crippen LogP contribution in [0, 0.1) is 0 Å². The van der Waals surface area contributed by atoms with Crippen LogP contribution in [-0.2, 0) is 6.42 Å². The van der Waals surface area contributed by atoms with E-state index in [4.69, 9.17) is 21.6 Å². The number of aromatic nitrogens is 2. The van der Waals surface area contributed by atoms with Gasteiger partial charge in [-0.2, -0.15) is 0 Å². The van der Waals surface area contributed by atoms with Crippen molar-refractivity contribution < 1.29 is 0 Å². The summed E-state index contributed by atoms with van der Waals surface area (Å²) in [5.74, 6) is 0. The first-order valence-corrected chi connectivity index (χ1v) is 11.1. The molecule has 0 amide bonds. The van der Waals surface area contributed by atoms with Gasteiger partial charge in [-0.15, -0.1) is 22.7 Å². The zero-order valence-corrected chi connectivity index (χ0v) is 17.4. The predicted octanol–water partition coefficient (Wildman–Crippen LogP) is 7.60. The van der Waals surface area contributed by atoms with E-state index in [1.54, 1.807) is 22.7 Å². The molecule has 0 aliphatic heterocycles. The van der Waals surface area contributed by atoms with Crippen LogP contribution in [0.2, 0.25) is 5.02 Å². The third kappa shape index (κ3) is 4.29. The second kappa shape index (κ2) is 8.34. The molecule has 0 saturated carbocycles. The second-order valence-electron chi connectivity index (χ2n) is 6.38. The number of halogens is 1. The molecule has 0 atom stereocenters. The molecule has 27 heavy (non-hydrogen) atoms. The third-order valence-electron chi connectivity index (χ3n) is 4.40. The SMILES string of the molecule is CCCCc1ccc(-c2csc(-c3nc(-c4ccc(Cl)cc4)cs3)n2)cc1. The lowest BCUT2D eigenvalue weighted by atomic mass is 10.1. The Labute approximate surface area is 172 Å². The van der Waals surface area contributed by atoms with Crippen molar-refractivity contribution in [2.45, 2.75) is 26.2 Å². The fourth-order valence-corrected chi connectivity index (χ4v) is 4.69. The molecule has 0 aliphatic carbocycles. The number of unbranched alkanes of at least 4 members (excludes halogenated alkanes) is 1. The van der Waals surface area contributed by atoms with Crippen molar-refractivity contribution in [1.29, 1.82) is 0 Å². The number of thiazole rings is 2. The smallest absolute Gasteiger partial charge is 0.152 e. The Hall–Kier alpha value is -2.01. The Balaban J connectivity index is 1.53. The number of benzene rings is 2. The second-order valence-corrected chi connectivity index (χ2v) is 8.54. The Bertz CT molecular complexity index is 1020. The van der Waals surface area contributed by atoms with Crippen LogP contribution in [0.1, 0.15) is 25.3 Å². The van der Waals surface area contributed by atoms with Gasteiger partial charge in [0.15, 0.2) is 10.0 Å². The highest BCUT2D eigenvalue weighted by Crippen LogP contribution is 2.33. The molecule has 4 rings (SSSR count). The maximum Gasteiger partial charge on any atom is 0.152 e. The van der Waals surface area contributed by atoms with Gasteiger partial charge in [-0.3, -0.25) is 0 Å². The molecule has 0 fully saturated rings. The lowest BCUT2D eigenvalue weighted by molar-refractivity contribution is 0.795. The Kier molecular flexibility index (Phi) is 5.67. The van der Waals surface area contributed by atoms with Crippen molar-refractivity contribution in [3.63, 3.8) is 0 Å². The Morgan fingerprint density at radius 2 is 1.30 bits per heavy atom. The molecular formula is C22H19ClN2S2. The first-order chi connectivity index (χ1) is 13.2. The highest BCUT2D eigenvalue weighted by Gasteiger charge is 2.12. The molecule has 2 nitrogen and oxygen atoms in total. The van der Waals surface area contributed by atoms with Gasteiger partial charge in [-0.25, -0.2) is 9.97 Å². The fraction of sp³-hybridized carbons (Fsp3) is 0.182. The van der Waals surface area contributed by atoms with E-state index in [9.17, 15) is 0 Å². The van der Waals surface area contributed by atoms with Crippen molar-refractivity contribution in [3.8, 4) is 32.5 Å². The van der Waals surface area contributed by atoms with E-state index in [1.165, 1.54) is 18.4 Å². The molecule has 0 saturated heterocycles. The van der Waals surface area contributed by atoms with Gasteiger partial charge >= 0.3 is 0 Å². The Morgan fingerprint density at radius 1 is 0.778 bits per heavy atom. The molecule has 2 aromatic heterocycles. The van der Waals surface area contributed by atoms with E-state index >= 15 is 0 Å². The minimum absolute atomic E-state index is 0.736. The molecule has 2 heterocycles. The van der Waals surface area contributed by atoms with Gasteiger partial charge in [0.25, 0.3) is 0 Å². The van der Waals surface area contributed by atoms with E-state index in [-0.39, 0.29) is 0 Å². The maximum absolute atomic E-state index is 5.97. The molecule has 0 N–H and O–H groups in total. The van der Waals surface area contributed by atoms with Gasteiger partial charge in [-0.05, 0) is 30.5 Å². The largest absolute Gasteiger partial charge is 0.233 e. The minimum atomic E-state index is 0.736. The number of aryl methyl sites for hydroxylation is 1. The summed E-state index contributed by atoms with van der Waals surface area (Å²) >= 11 is 9.24. The van der Waals surface area contributed by atoms with Crippen molar-refractivity contribution in [1.82, 2.24) is 9.97 Å². The number of nitrogens with zero attached hydrogens (tertiary/aromatic N) is 2.